The fourth-order valence-electron chi connectivity index (χ4n) is 5.74. The van der Waals surface area contributed by atoms with Crippen LogP contribution in [-0.2, 0) is 10.0 Å². The molecule has 0 atom stereocenters. The van der Waals surface area contributed by atoms with Crippen LogP contribution in [0.4, 0.5) is 36.2 Å². The van der Waals surface area contributed by atoms with Crippen LogP contribution in [0.3, 0.4) is 0 Å². The van der Waals surface area contributed by atoms with Crippen LogP contribution in [0.5, 0.6) is 0 Å². The largest absolute Gasteiger partial charge is 0.395 e. The molecule has 6 rings (SSSR count). The Kier molecular flexibility index (Phi) is 7.20. The number of nitrogens with one attached hydrogen (secondary N) is 2. The number of piperidine rings is 2. The Bertz CT molecular complexity index is 1610. The van der Waals surface area contributed by atoms with Crippen molar-refractivity contribution in [3.63, 3.8) is 0 Å². The maximum atomic E-state index is 14.6. The van der Waals surface area contributed by atoms with E-state index >= 15 is 0 Å². The third kappa shape index (κ3) is 5.84. The minimum atomic E-state index is -3.79. The highest BCUT2D eigenvalue weighted by Gasteiger charge is 2.44. The van der Waals surface area contributed by atoms with Crippen LogP contribution < -0.4 is 19.8 Å². The van der Waals surface area contributed by atoms with E-state index in [2.05, 4.69) is 20.0 Å². The maximum absolute atomic E-state index is 14.6. The molecule has 11 nitrogen and oxygen atoms in total. The molecular weight excluding hydrogens is 575 g/mol. The third-order valence-corrected chi connectivity index (χ3v) is 9.73. The van der Waals surface area contributed by atoms with Gasteiger partial charge in [-0.15, -0.1) is 0 Å². The number of rotatable bonds is 8. The highest BCUT2D eigenvalue weighted by molar-refractivity contribution is 7.92. The highest BCUT2D eigenvalue weighted by Crippen LogP contribution is 2.54. The third-order valence-electron chi connectivity index (χ3n) is 8.46. The van der Waals surface area contributed by atoms with E-state index in [0.29, 0.717) is 24.2 Å². The van der Waals surface area contributed by atoms with Crippen molar-refractivity contribution in [2.24, 2.45) is 5.41 Å². The van der Waals surface area contributed by atoms with Crippen molar-refractivity contribution >= 4 is 44.6 Å². The van der Waals surface area contributed by atoms with Gasteiger partial charge < -0.3 is 20.2 Å². The van der Waals surface area contributed by atoms with Gasteiger partial charge in [-0.05, 0) is 49.3 Å². The molecule has 2 saturated heterocycles. The first kappa shape index (κ1) is 28.5. The Morgan fingerprint density at radius 3 is 2.38 bits per heavy atom. The summed E-state index contributed by atoms with van der Waals surface area (Å²) >= 11 is 0. The molecule has 3 N–H and O–H groups in total. The number of aromatic nitrogens is 3. The number of hydrogen-bond donors (Lipinski definition) is 3. The number of alkyl halides is 2. The molecule has 0 radical (unpaired) electrons. The van der Waals surface area contributed by atoms with E-state index in [-0.39, 0.29) is 54.5 Å². The Labute approximate surface area is 240 Å². The molecule has 1 aliphatic carbocycles. The predicted molar refractivity (Wildman–Crippen MR) is 151 cm³/mol. The number of carbonyl (C=O) groups is 1. The number of fused-ring (bicyclic) bond motifs is 1. The fourth-order valence-corrected chi connectivity index (χ4v) is 6.57. The zero-order valence-electron chi connectivity index (χ0n) is 22.8. The lowest BCUT2D eigenvalue weighted by Crippen LogP contribution is -2.40. The topological polar surface area (TPSA) is 132 Å². The first-order valence-electron chi connectivity index (χ1n) is 13.9. The molecule has 42 heavy (non-hydrogen) atoms. The SMILES string of the molecule is O=C(Nc1cn2c(F)cnc2c(N2CCC(F)(F)CC2)n1)c1ccc(NS(=O)(=O)CCO)cc1N1CCC2(CC1)CC2. The Balaban J connectivity index is 1.31. The summed E-state index contributed by atoms with van der Waals surface area (Å²) in [6.45, 7) is 0.849. The van der Waals surface area contributed by atoms with E-state index in [1.165, 1.54) is 31.2 Å². The van der Waals surface area contributed by atoms with Gasteiger partial charge in [-0.3, -0.25) is 13.9 Å². The predicted octanol–water partition coefficient (Wildman–Crippen LogP) is 3.47. The molecule has 3 fully saturated rings. The van der Waals surface area contributed by atoms with Crippen molar-refractivity contribution in [3.8, 4) is 0 Å². The molecule has 1 saturated carbocycles. The van der Waals surface area contributed by atoms with Gasteiger partial charge in [0.05, 0.1) is 41.7 Å². The number of benzene rings is 1. The summed E-state index contributed by atoms with van der Waals surface area (Å²) in [5.74, 6) is -4.31. The number of hydrogen-bond acceptors (Lipinski definition) is 8. The number of imidazole rings is 1. The number of halogens is 3. The molecular formula is C27H32F3N7O4S. The summed E-state index contributed by atoms with van der Waals surface area (Å²) < 4.78 is 70.4. The number of sulfonamides is 1. The van der Waals surface area contributed by atoms with E-state index < -0.39 is 40.2 Å². The molecule has 1 amide bonds. The zero-order chi connectivity index (χ0) is 29.7. The molecule has 226 valence electrons. The average Bonchev–Trinajstić information content (AvgIpc) is 3.59. The second-order valence-corrected chi connectivity index (χ2v) is 13.2. The first-order valence-corrected chi connectivity index (χ1v) is 15.6. The molecule has 0 bridgehead atoms. The highest BCUT2D eigenvalue weighted by atomic mass is 32.2. The van der Waals surface area contributed by atoms with Crippen molar-refractivity contribution in [2.45, 2.75) is 44.4 Å². The monoisotopic (exact) mass is 607 g/mol. The molecule has 15 heteroatoms. The van der Waals surface area contributed by atoms with Gasteiger partial charge in [0.1, 0.15) is 0 Å². The van der Waals surface area contributed by atoms with Crippen LogP contribution in [0.2, 0.25) is 0 Å². The van der Waals surface area contributed by atoms with Crippen LogP contribution in [0.25, 0.3) is 5.65 Å². The van der Waals surface area contributed by atoms with E-state index in [1.807, 2.05) is 4.90 Å². The smallest absolute Gasteiger partial charge is 0.258 e. The van der Waals surface area contributed by atoms with Gasteiger partial charge in [-0.25, -0.2) is 27.2 Å². The summed E-state index contributed by atoms with van der Waals surface area (Å²) in [7, 11) is -3.79. The summed E-state index contributed by atoms with van der Waals surface area (Å²) in [4.78, 5) is 25.9. The van der Waals surface area contributed by atoms with Gasteiger partial charge in [0.25, 0.3) is 11.8 Å². The number of aliphatic hydroxyl groups excluding tert-OH is 1. The molecule has 3 aromatic rings. The summed E-state index contributed by atoms with van der Waals surface area (Å²) in [6.07, 6.45) is 5.83. The summed E-state index contributed by atoms with van der Waals surface area (Å²) in [6, 6.07) is 4.57. The van der Waals surface area contributed by atoms with Crippen molar-refractivity contribution < 1.29 is 31.5 Å². The minimum Gasteiger partial charge on any atom is -0.395 e. The molecule has 3 aliphatic rings. The normalized spacial score (nSPS) is 19.7. The number of aliphatic hydroxyl groups is 1. The average molecular weight is 608 g/mol. The van der Waals surface area contributed by atoms with Gasteiger partial charge in [0.15, 0.2) is 17.3 Å². The quantitative estimate of drug-likeness (QED) is 0.355. The molecule has 1 aromatic carbocycles. The second kappa shape index (κ2) is 10.6. The van der Waals surface area contributed by atoms with E-state index in [0.717, 1.165) is 23.4 Å². The Morgan fingerprint density at radius 1 is 1.02 bits per heavy atom. The molecule has 1 spiro atoms. The van der Waals surface area contributed by atoms with Gasteiger partial charge in [-0.1, -0.05) is 0 Å². The first-order chi connectivity index (χ1) is 20.0. The van der Waals surface area contributed by atoms with Crippen molar-refractivity contribution in [2.75, 3.05) is 58.4 Å². The molecule has 2 aliphatic heterocycles. The number of anilines is 4. The fraction of sp³-hybridized carbons (Fsp3) is 0.519. The summed E-state index contributed by atoms with van der Waals surface area (Å²) in [5.41, 5.74) is 1.56. The second-order valence-electron chi connectivity index (χ2n) is 11.4. The number of amides is 1. The van der Waals surface area contributed by atoms with Crippen molar-refractivity contribution in [1.82, 2.24) is 14.4 Å². The van der Waals surface area contributed by atoms with E-state index in [9.17, 15) is 26.4 Å². The lowest BCUT2D eigenvalue weighted by Gasteiger charge is -2.35. The van der Waals surface area contributed by atoms with Crippen LogP contribution in [0.1, 0.15) is 48.9 Å². The Hall–Kier alpha value is -3.59. The maximum Gasteiger partial charge on any atom is 0.258 e. The number of carbonyl (C=O) groups excluding carboxylic acids is 1. The molecule has 0 unspecified atom stereocenters. The molecule has 2 aromatic heterocycles. The van der Waals surface area contributed by atoms with Crippen LogP contribution >= 0.6 is 0 Å². The van der Waals surface area contributed by atoms with Crippen LogP contribution in [0, 0.1) is 11.4 Å². The van der Waals surface area contributed by atoms with E-state index in [4.69, 9.17) is 5.11 Å². The lowest BCUT2D eigenvalue weighted by molar-refractivity contribution is -0.0221. The lowest BCUT2D eigenvalue weighted by atomic mass is 9.93. The standard InChI is InChI=1S/C27H32F3N7O4S/c28-21-16-31-23-24(36-11-7-27(29,30)8-12-36)32-22(17-37(21)23)33-25(39)19-2-1-18(34-42(40,41)14-13-38)15-20(19)35-9-5-26(3-4-26)6-10-35/h1-2,15-17,34,38H,3-14H2,(H,33,39). The summed E-state index contributed by atoms with van der Waals surface area (Å²) in [5, 5.41) is 11.8. The van der Waals surface area contributed by atoms with Crippen molar-refractivity contribution in [3.05, 3.63) is 42.1 Å². The zero-order valence-corrected chi connectivity index (χ0v) is 23.6. The van der Waals surface area contributed by atoms with Gasteiger partial charge >= 0.3 is 0 Å². The Morgan fingerprint density at radius 2 is 1.71 bits per heavy atom. The van der Waals surface area contributed by atoms with Gasteiger partial charge in [0, 0.05) is 39.0 Å². The van der Waals surface area contributed by atoms with Crippen LogP contribution in [-0.4, -0.2) is 78.3 Å². The van der Waals surface area contributed by atoms with Gasteiger partial charge in [-0.2, -0.15) is 4.39 Å². The minimum absolute atomic E-state index is 0.00418. The molecule has 4 heterocycles. The van der Waals surface area contributed by atoms with Crippen molar-refractivity contribution in [1.29, 1.82) is 0 Å². The van der Waals surface area contributed by atoms with E-state index in [1.54, 1.807) is 11.0 Å². The van der Waals surface area contributed by atoms with Crippen LogP contribution in [0.15, 0.2) is 30.6 Å². The number of nitrogens with zero attached hydrogens (tertiary/aromatic N) is 5. The van der Waals surface area contributed by atoms with Gasteiger partial charge in [0.2, 0.25) is 16.0 Å².